The second-order valence-electron chi connectivity index (χ2n) is 3.77. The summed E-state index contributed by atoms with van der Waals surface area (Å²) in [6.45, 7) is 4.18. The van der Waals surface area contributed by atoms with E-state index in [1.807, 2.05) is 0 Å². The fourth-order valence-electron chi connectivity index (χ4n) is 1.63. The summed E-state index contributed by atoms with van der Waals surface area (Å²) in [4.78, 5) is 0. The maximum atomic E-state index is 6.02. The predicted molar refractivity (Wildman–Crippen MR) is 60.9 cm³/mol. The molecule has 0 aliphatic rings. The molecule has 1 nitrogen and oxygen atoms in total. The topological polar surface area (TPSA) is 26.0 Å². The van der Waals surface area contributed by atoms with Gasteiger partial charge in [-0.2, -0.15) is 0 Å². The molecule has 14 heavy (non-hydrogen) atoms. The average Bonchev–Trinajstić information content (AvgIpc) is 2.12. The van der Waals surface area contributed by atoms with Gasteiger partial charge in [-0.05, 0) is 25.8 Å². The minimum atomic E-state index is 0.0737. The number of terminal acetylenes is 1. The summed E-state index contributed by atoms with van der Waals surface area (Å²) in [5, 5.41) is 0. The van der Waals surface area contributed by atoms with Crippen molar-refractivity contribution in [3.05, 3.63) is 34.9 Å². The second kappa shape index (κ2) is 4.83. The van der Waals surface area contributed by atoms with Crippen molar-refractivity contribution in [3.63, 3.8) is 0 Å². The highest BCUT2D eigenvalue weighted by atomic mass is 14.6. The van der Waals surface area contributed by atoms with Crippen molar-refractivity contribution >= 4 is 0 Å². The first-order valence-corrected chi connectivity index (χ1v) is 4.90. The van der Waals surface area contributed by atoms with Crippen molar-refractivity contribution in [1.82, 2.24) is 0 Å². The van der Waals surface area contributed by atoms with Crippen LogP contribution in [0, 0.1) is 26.2 Å². The third-order valence-electron chi connectivity index (χ3n) is 2.27. The molecule has 0 saturated heterocycles. The Balaban J connectivity index is 2.79. The number of aryl methyl sites for hydroxylation is 2. The highest BCUT2D eigenvalue weighted by Gasteiger charge is 2.05. The summed E-state index contributed by atoms with van der Waals surface area (Å²) >= 11 is 0. The Kier molecular flexibility index (Phi) is 3.73. The molecule has 0 radical (unpaired) electrons. The fourth-order valence-corrected chi connectivity index (χ4v) is 1.63. The number of nitrogens with two attached hydrogens (primary N) is 1. The van der Waals surface area contributed by atoms with E-state index in [4.69, 9.17) is 12.2 Å². The highest BCUT2D eigenvalue weighted by Crippen LogP contribution is 2.18. The Bertz CT molecular complexity index is 326. The molecule has 1 unspecified atom stereocenters. The van der Waals surface area contributed by atoms with Crippen molar-refractivity contribution in [2.75, 3.05) is 0 Å². The molecule has 0 fully saturated rings. The molecule has 1 heteroatoms. The van der Waals surface area contributed by atoms with Crippen LogP contribution in [0.25, 0.3) is 0 Å². The van der Waals surface area contributed by atoms with Crippen molar-refractivity contribution in [1.29, 1.82) is 0 Å². The molecule has 1 atom stereocenters. The summed E-state index contributed by atoms with van der Waals surface area (Å²) in [7, 11) is 0. The van der Waals surface area contributed by atoms with Gasteiger partial charge in [0.05, 0.1) is 0 Å². The van der Waals surface area contributed by atoms with Gasteiger partial charge in [-0.1, -0.05) is 29.3 Å². The lowest BCUT2D eigenvalue weighted by Gasteiger charge is -2.12. The molecule has 1 aromatic rings. The number of hydrogen-bond donors (Lipinski definition) is 1. The van der Waals surface area contributed by atoms with Crippen LogP contribution in [0.4, 0.5) is 0 Å². The maximum Gasteiger partial charge on any atom is 0.0304 e. The number of rotatable bonds is 3. The Hall–Kier alpha value is -1.26. The van der Waals surface area contributed by atoms with Crippen molar-refractivity contribution < 1.29 is 0 Å². The molecule has 0 spiro atoms. The monoisotopic (exact) mass is 187 g/mol. The molecular formula is C13H17N. The quantitative estimate of drug-likeness (QED) is 0.723. The van der Waals surface area contributed by atoms with Crippen LogP contribution in [0.3, 0.4) is 0 Å². The van der Waals surface area contributed by atoms with Gasteiger partial charge in [-0.25, -0.2) is 0 Å². The Morgan fingerprint density at radius 2 is 1.86 bits per heavy atom. The Labute approximate surface area is 86.3 Å². The zero-order valence-corrected chi connectivity index (χ0v) is 8.88. The second-order valence-corrected chi connectivity index (χ2v) is 3.77. The van der Waals surface area contributed by atoms with Crippen LogP contribution in [-0.2, 0) is 0 Å². The summed E-state index contributed by atoms with van der Waals surface area (Å²) in [5.74, 6) is 2.62. The molecule has 0 bridgehead atoms. The molecule has 1 aromatic carbocycles. The third-order valence-corrected chi connectivity index (χ3v) is 2.27. The molecule has 0 amide bonds. The zero-order valence-electron chi connectivity index (χ0n) is 8.88. The van der Waals surface area contributed by atoms with E-state index in [1.54, 1.807) is 0 Å². The summed E-state index contributed by atoms with van der Waals surface area (Å²) in [5.41, 5.74) is 9.74. The van der Waals surface area contributed by atoms with E-state index in [0.717, 1.165) is 12.8 Å². The lowest BCUT2D eigenvalue weighted by Crippen LogP contribution is -2.10. The number of benzene rings is 1. The Morgan fingerprint density at radius 1 is 1.29 bits per heavy atom. The average molecular weight is 187 g/mol. The molecule has 0 aliphatic heterocycles. The molecule has 1 rings (SSSR count). The van der Waals surface area contributed by atoms with Gasteiger partial charge in [0.2, 0.25) is 0 Å². The van der Waals surface area contributed by atoms with Crippen molar-refractivity contribution in [2.45, 2.75) is 32.7 Å². The van der Waals surface area contributed by atoms with Gasteiger partial charge < -0.3 is 5.73 Å². The smallest absolute Gasteiger partial charge is 0.0304 e. The van der Waals surface area contributed by atoms with Gasteiger partial charge in [0.15, 0.2) is 0 Å². The largest absolute Gasteiger partial charge is 0.324 e. The van der Waals surface area contributed by atoms with Gasteiger partial charge in [0.1, 0.15) is 0 Å². The van der Waals surface area contributed by atoms with Gasteiger partial charge in [0.25, 0.3) is 0 Å². The van der Waals surface area contributed by atoms with Crippen LogP contribution >= 0.6 is 0 Å². The molecule has 0 aliphatic carbocycles. The first-order valence-electron chi connectivity index (χ1n) is 4.90. The van der Waals surface area contributed by atoms with Crippen molar-refractivity contribution in [3.8, 4) is 12.3 Å². The first kappa shape index (κ1) is 10.8. The SMILES string of the molecule is C#CCCC(N)c1cc(C)cc(C)c1. The van der Waals surface area contributed by atoms with E-state index in [1.165, 1.54) is 16.7 Å². The molecule has 74 valence electrons. The summed E-state index contributed by atoms with van der Waals surface area (Å²) in [6.07, 6.45) is 6.81. The summed E-state index contributed by atoms with van der Waals surface area (Å²) < 4.78 is 0. The molecular weight excluding hydrogens is 170 g/mol. The van der Waals surface area contributed by atoms with Crippen LogP contribution in [0.5, 0.6) is 0 Å². The van der Waals surface area contributed by atoms with E-state index in [2.05, 4.69) is 38.0 Å². The maximum absolute atomic E-state index is 6.02. The summed E-state index contributed by atoms with van der Waals surface area (Å²) in [6, 6.07) is 6.49. The third kappa shape index (κ3) is 2.90. The van der Waals surface area contributed by atoms with Gasteiger partial charge in [-0.3, -0.25) is 0 Å². The van der Waals surface area contributed by atoms with Crippen molar-refractivity contribution in [2.24, 2.45) is 5.73 Å². The standard InChI is InChI=1S/C13H17N/c1-4-5-6-13(14)12-8-10(2)7-11(3)9-12/h1,7-9,13H,5-6,14H2,2-3H3. The van der Waals surface area contributed by atoms with E-state index in [-0.39, 0.29) is 6.04 Å². The molecule has 0 aromatic heterocycles. The normalized spacial score (nSPS) is 12.1. The van der Waals surface area contributed by atoms with Gasteiger partial charge in [0, 0.05) is 12.5 Å². The predicted octanol–water partition coefficient (Wildman–Crippen LogP) is 2.72. The van der Waals surface area contributed by atoms with Gasteiger partial charge in [-0.15, -0.1) is 12.3 Å². The minimum Gasteiger partial charge on any atom is -0.324 e. The van der Waals surface area contributed by atoms with Crippen LogP contribution in [0.2, 0.25) is 0 Å². The first-order chi connectivity index (χ1) is 6.63. The van der Waals surface area contributed by atoms with Crippen LogP contribution < -0.4 is 5.73 Å². The number of hydrogen-bond acceptors (Lipinski definition) is 1. The highest BCUT2D eigenvalue weighted by molar-refractivity contribution is 5.30. The van der Waals surface area contributed by atoms with E-state index < -0.39 is 0 Å². The van der Waals surface area contributed by atoms with Gasteiger partial charge >= 0.3 is 0 Å². The lowest BCUT2D eigenvalue weighted by atomic mass is 9.99. The van der Waals surface area contributed by atoms with Crippen LogP contribution in [-0.4, -0.2) is 0 Å². The van der Waals surface area contributed by atoms with E-state index >= 15 is 0 Å². The minimum absolute atomic E-state index is 0.0737. The fraction of sp³-hybridized carbons (Fsp3) is 0.385. The van der Waals surface area contributed by atoms with E-state index in [0.29, 0.717) is 0 Å². The van der Waals surface area contributed by atoms with Crippen LogP contribution in [0.1, 0.15) is 35.6 Å². The molecule has 0 heterocycles. The Morgan fingerprint density at radius 3 is 2.36 bits per heavy atom. The zero-order chi connectivity index (χ0) is 10.6. The molecule has 2 N–H and O–H groups in total. The van der Waals surface area contributed by atoms with E-state index in [9.17, 15) is 0 Å². The molecule has 0 saturated carbocycles. The lowest BCUT2D eigenvalue weighted by molar-refractivity contribution is 0.667. The van der Waals surface area contributed by atoms with Crippen LogP contribution in [0.15, 0.2) is 18.2 Å².